The summed E-state index contributed by atoms with van der Waals surface area (Å²) < 4.78 is 25.6. The third-order valence-corrected chi connectivity index (χ3v) is 5.78. The smallest absolute Gasteiger partial charge is 0.220 e. The Balaban J connectivity index is 2.26. The first kappa shape index (κ1) is 18.4. The Labute approximate surface area is 128 Å². The molecule has 1 atom stereocenters. The molecule has 0 spiro atoms. The Morgan fingerprint density at radius 3 is 2.52 bits per heavy atom. The highest BCUT2D eigenvalue weighted by Crippen LogP contribution is 2.14. The van der Waals surface area contributed by atoms with Crippen LogP contribution in [-0.2, 0) is 14.8 Å². The van der Waals surface area contributed by atoms with Crippen molar-refractivity contribution in [2.24, 2.45) is 5.73 Å². The Kier molecular flexibility index (Phi) is 8.21. The molecular weight excluding hydrogens is 290 g/mol. The van der Waals surface area contributed by atoms with Crippen LogP contribution >= 0.6 is 0 Å². The van der Waals surface area contributed by atoms with Gasteiger partial charge >= 0.3 is 0 Å². The number of carbonyl (C=O) groups excluding carboxylic acids is 1. The van der Waals surface area contributed by atoms with Crippen molar-refractivity contribution >= 4 is 15.9 Å². The molecule has 3 N–H and O–H groups in total. The van der Waals surface area contributed by atoms with Crippen LogP contribution in [0.3, 0.4) is 0 Å². The lowest BCUT2D eigenvalue weighted by Crippen LogP contribution is -2.40. The minimum atomic E-state index is -3.18. The zero-order valence-corrected chi connectivity index (χ0v) is 13.8. The molecule has 0 aromatic carbocycles. The first-order valence-corrected chi connectivity index (χ1v) is 9.57. The third-order valence-electron chi connectivity index (χ3n) is 3.82. The second-order valence-corrected chi connectivity index (χ2v) is 7.76. The zero-order valence-electron chi connectivity index (χ0n) is 13.0. The van der Waals surface area contributed by atoms with Crippen LogP contribution in [0.5, 0.6) is 0 Å². The molecular formula is C14H29N3O3S. The summed E-state index contributed by atoms with van der Waals surface area (Å²) in [4.78, 5) is 11.8. The second kappa shape index (κ2) is 9.38. The summed E-state index contributed by atoms with van der Waals surface area (Å²) in [6.45, 7) is 3.78. The fraction of sp³-hybridized carbons (Fsp3) is 0.929. The van der Waals surface area contributed by atoms with E-state index in [0.29, 0.717) is 26.1 Å². The van der Waals surface area contributed by atoms with Gasteiger partial charge in [0.25, 0.3) is 0 Å². The van der Waals surface area contributed by atoms with Crippen molar-refractivity contribution in [1.29, 1.82) is 0 Å². The lowest BCUT2D eigenvalue weighted by atomic mass is 10.1. The second-order valence-electron chi connectivity index (χ2n) is 5.67. The Morgan fingerprint density at radius 2 is 1.95 bits per heavy atom. The van der Waals surface area contributed by atoms with Crippen molar-refractivity contribution in [3.8, 4) is 0 Å². The van der Waals surface area contributed by atoms with Gasteiger partial charge in [0.1, 0.15) is 0 Å². The van der Waals surface area contributed by atoms with E-state index in [-0.39, 0.29) is 24.1 Å². The standard InChI is InChI=1S/C14H29N3O3S/c1-2-3-7-13(12-15)16-14(18)8-6-11-21(19,20)17-9-4-5-10-17/h13H,2-12,15H2,1H3,(H,16,18). The highest BCUT2D eigenvalue weighted by molar-refractivity contribution is 7.89. The largest absolute Gasteiger partial charge is 0.352 e. The van der Waals surface area contributed by atoms with Crippen molar-refractivity contribution < 1.29 is 13.2 Å². The Bertz CT molecular complexity index is 406. The summed E-state index contributed by atoms with van der Waals surface area (Å²) in [6.07, 6.45) is 5.48. The van der Waals surface area contributed by atoms with Gasteiger partial charge in [0.2, 0.25) is 15.9 Å². The van der Waals surface area contributed by atoms with Crippen LogP contribution < -0.4 is 11.1 Å². The summed E-state index contributed by atoms with van der Waals surface area (Å²) in [5.74, 6) is -0.0407. The molecule has 1 aliphatic rings. The van der Waals surface area contributed by atoms with E-state index in [0.717, 1.165) is 32.1 Å². The fourth-order valence-electron chi connectivity index (χ4n) is 2.51. The number of hydrogen-bond acceptors (Lipinski definition) is 4. The molecule has 0 bridgehead atoms. The van der Waals surface area contributed by atoms with Gasteiger partial charge in [-0.05, 0) is 25.7 Å². The highest BCUT2D eigenvalue weighted by atomic mass is 32.2. The topological polar surface area (TPSA) is 92.5 Å². The molecule has 21 heavy (non-hydrogen) atoms. The van der Waals surface area contributed by atoms with Crippen molar-refractivity contribution in [3.05, 3.63) is 0 Å². The molecule has 1 rings (SSSR count). The first-order chi connectivity index (χ1) is 9.99. The van der Waals surface area contributed by atoms with Gasteiger partial charge < -0.3 is 11.1 Å². The quantitative estimate of drug-likeness (QED) is 0.624. The van der Waals surface area contributed by atoms with Crippen molar-refractivity contribution in [1.82, 2.24) is 9.62 Å². The Morgan fingerprint density at radius 1 is 1.29 bits per heavy atom. The van der Waals surface area contributed by atoms with Crippen LogP contribution in [0, 0.1) is 0 Å². The van der Waals surface area contributed by atoms with E-state index in [1.807, 2.05) is 0 Å². The van der Waals surface area contributed by atoms with Crippen LogP contribution in [0.2, 0.25) is 0 Å². The van der Waals surface area contributed by atoms with Crippen LogP contribution in [-0.4, -0.2) is 50.1 Å². The molecule has 1 unspecified atom stereocenters. The summed E-state index contributed by atoms with van der Waals surface area (Å²) in [5.41, 5.74) is 5.63. The highest BCUT2D eigenvalue weighted by Gasteiger charge is 2.24. The summed E-state index contributed by atoms with van der Waals surface area (Å²) in [5, 5.41) is 2.88. The molecule has 1 saturated heterocycles. The van der Waals surface area contributed by atoms with Gasteiger partial charge in [0.05, 0.1) is 5.75 Å². The van der Waals surface area contributed by atoms with E-state index < -0.39 is 10.0 Å². The molecule has 0 aromatic heterocycles. The van der Waals surface area contributed by atoms with Gasteiger partial charge in [0.15, 0.2) is 0 Å². The number of hydrogen-bond donors (Lipinski definition) is 2. The van der Waals surface area contributed by atoms with E-state index >= 15 is 0 Å². The minimum absolute atomic E-state index is 0.00707. The summed E-state index contributed by atoms with van der Waals surface area (Å²) in [6, 6.07) is 0.00707. The normalized spacial score (nSPS) is 17.8. The average molecular weight is 319 g/mol. The third kappa shape index (κ3) is 6.76. The van der Waals surface area contributed by atoms with E-state index in [9.17, 15) is 13.2 Å². The lowest BCUT2D eigenvalue weighted by Gasteiger charge is -2.17. The van der Waals surface area contributed by atoms with E-state index in [1.54, 1.807) is 0 Å². The number of sulfonamides is 1. The first-order valence-electron chi connectivity index (χ1n) is 7.97. The van der Waals surface area contributed by atoms with Gasteiger partial charge in [-0.3, -0.25) is 4.79 Å². The molecule has 0 saturated carbocycles. The molecule has 0 aromatic rings. The number of nitrogens with zero attached hydrogens (tertiary/aromatic N) is 1. The van der Waals surface area contributed by atoms with Gasteiger partial charge in [-0.15, -0.1) is 0 Å². The SMILES string of the molecule is CCCCC(CN)NC(=O)CCCS(=O)(=O)N1CCCC1. The minimum Gasteiger partial charge on any atom is -0.352 e. The number of unbranched alkanes of at least 4 members (excludes halogenated alkanes) is 1. The number of nitrogens with one attached hydrogen (secondary N) is 1. The van der Waals surface area contributed by atoms with Crippen molar-refractivity contribution in [2.45, 2.75) is 57.9 Å². The maximum Gasteiger partial charge on any atom is 0.220 e. The van der Waals surface area contributed by atoms with Gasteiger partial charge in [0, 0.05) is 32.1 Å². The molecule has 1 amide bonds. The zero-order chi connectivity index (χ0) is 15.7. The van der Waals surface area contributed by atoms with Crippen molar-refractivity contribution in [2.75, 3.05) is 25.4 Å². The summed E-state index contributed by atoms with van der Waals surface area (Å²) >= 11 is 0. The number of carbonyl (C=O) groups is 1. The van der Waals surface area contributed by atoms with E-state index in [1.165, 1.54) is 4.31 Å². The van der Waals surface area contributed by atoms with Gasteiger partial charge in [-0.1, -0.05) is 19.8 Å². The van der Waals surface area contributed by atoms with Gasteiger partial charge in [-0.2, -0.15) is 0 Å². The Hall–Kier alpha value is -0.660. The molecule has 6 nitrogen and oxygen atoms in total. The fourth-order valence-corrected chi connectivity index (χ4v) is 4.09. The van der Waals surface area contributed by atoms with Crippen LogP contribution in [0.15, 0.2) is 0 Å². The lowest BCUT2D eigenvalue weighted by molar-refractivity contribution is -0.121. The predicted molar refractivity (Wildman–Crippen MR) is 84.3 cm³/mol. The number of nitrogens with two attached hydrogens (primary N) is 1. The molecule has 7 heteroatoms. The number of amides is 1. The average Bonchev–Trinajstić information content (AvgIpc) is 2.98. The van der Waals surface area contributed by atoms with Gasteiger partial charge in [-0.25, -0.2) is 12.7 Å². The van der Waals surface area contributed by atoms with Crippen LogP contribution in [0.25, 0.3) is 0 Å². The van der Waals surface area contributed by atoms with E-state index in [2.05, 4.69) is 12.2 Å². The monoisotopic (exact) mass is 319 g/mol. The molecule has 0 radical (unpaired) electrons. The van der Waals surface area contributed by atoms with Crippen LogP contribution in [0.4, 0.5) is 0 Å². The predicted octanol–water partition coefficient (Wildman–Crippen LogP) is 0.826. The van der Waals surface area contributed by atoms with Crippen molar-refractivity contribution in [3.63, 3.8) is 0 Å². The molecule has 1 fully saturated rings. The molecule has 124 valence electrons. The van der Waals surface area contributed by atoms with Crippen LogP contribution in [0.1, 0.15) is 51.9 Å². The molecule has 0 aliphatic carbocycles. The maximum absolute atomic E-state index is 12.0. The molecule has 1 heterocycles. The number of rotatable bonds is 10. The summed E-state index contributed by atoms with van der Waals surface area (Å²) in [7, 11) is -3.18. The maximum atomic E-state index is 12.0. The molecule has 1 aliphatic heterocycles. The van der Waals surface area contributed by atoms with E-state index in [4.69, 9.17) is 5.73 Å².